The lowest BCUT2D eigenvalue weighted by atomic mass is 10.2. The van der Waals surface area contributed by atoms with Gasteiger partial charge in [-0.05, 0) is 54.6 Å². The maximum Gasteiger partial charge on any atom is 0.295 e. The molecule has 0 spiro atoms. The molecule has 0 radical (unpaired) electrons. The zero-order valence-electron chi connectivity index (χ0n) is 16.5. The molecule has 0 unspecified atom stereocenters. The smallest absolute Gasteiger partial charge is 0.295 e. The van der Waals surface area contributed by atoms with E-state index in [-0.39, 0.29) is 28.6 Å². The highest BCUT2D eigenvalue weighted by molar-refractivity contribution is 7.91. The van der Waals surface area contributed by atoms with E-state index in [1.54, 1.807) is 36.4 Å². The Balaban J connectivity index is 1.68. The molecule has 32 heavy (non-hydrogen) atoms. The van der Waals surface area contributed by atoms with Gasteiger partial charge in [0.25, 0.3) is 5.91 Å². The van der Waals surface area contributed by atoms with Crippen molar-refractivity contribution in [3.05, 3.63) is 107 Å². The lowest BCUT2D eigenvalue weighted by molar-refractivity contribution is 0.0952. The number of carbonyl (C=O) groups is 1. The van der Waals surface area contributed by atoms with Gasteiger partial charge in [0.1, 0.15) is 11.6 Å². The molecule has 2 heterocycles. The van der Waals surface area contributed by atoms with Gasteiger partial charge in [0.05, 0.1) is 11.4 Å². The monoisotopic (exact) mass is 470 g/mol. The molecule has 9 heteroatoms. The van der Waals surface area contributed by atoms with Crippen LogP contribution in [0.2, 0.25) is 5.02 Å². The van der Waals surface area contributed by atoms with Crippen LogP contribution in [0.5, 0.6) is 0 Å². The quantitative estimate of drug-likeness (QED) is 0.389. The van der Waals surface area contributed by atoms with E-state index < -0.39 is 26.7 Å². The van der Waals surface area contributed by atoms with Crippen LogP contribution in [0.15, 0.2) is 99.5 Å². The molecule has 4 aromatic rings. The predicted molar refractivity (Wildman–Crippen MR) is 117 cm³/mol. The van der Waals surface area contributed by atoms with Gasteiger partial charge >= 0.3 is 0 Å². The Labute approximate surface area is 188 Å². The summed E-state index contributed by atoms with van der Waals surface area (Å²) in [5, 5.41) is -0.00607. The van der Waals surface area contributed by atoms with Crippen LogP contribution in [-0.2, 0) is 16.4 Å². The predicted octanol–water partition coefficient (Wildman–Crippen LogP) is 5.15. The second-order valence-corrected chi connectivity index (χ2v) is 9.06. The molecule has 0 aliphatic heterocycles. The number of nitrogens with zero attached hydrogens (tertiary/aromatic N) is 2. The number of hydrogen-bond donors (Lipinski definition) is 0. The van der Waals surface area contributed by atoms with Crippen molar-refractivity contribution in [1.82, 2.24) is 4.98 Å². The highest BCUT2D eigenvalue weighted by atomic mass is 35.5. The molecular formula is C23H16ClFN2O4S. The van der Waals surface area contributed by atoms with Crippen molar-refractivity contribution in [1.29, 1.82) is 0 Å². The molecule has 0 bridgehead atoms. The summed E-state index contributed by atoms with van der Waals surface area (Å²) in [7, 11) is -4.00. The molecule has 4 rings (SSSR count). The number of hydrogen-bond acceptors (Lipinski definition) is 5. The molecule has 0 saturated carbocycles. The van der Waals surface area contributed by atoms with Crippen LogP contribution >= 0.6 is 11.6 Å². The third-order valence-corrected chi connectivity index (χ3v) is 6.53. The molecule has 6 nitrogen and oxygen atoms in total. The number of anilines is 1. The highest BCUT2D eigenvalue weighted by Crippen LogP contribution is 2.26. The number of aromatic nitrogens is 1. The second kappa shape index (κ2) is 8.94. The van der Waals surface area contributed by atoms with Crippen LogP contribution < -0.4 is 4.90 Å². The van der Waals surface area contributed by atoms with Crippen LogP contribution in [0.3, 0.4) is 0 Å². The van der Waals surface area contributed by atoms with E-state index >= 15 is 0 Å². The Kier molecular flexibility index (Phi) is 6.07. The lowest BCUT2D eigenvalue weighted by Crippen LogP contribution is -2.31. The minimum Gasteiger partial charge on any atom is -0.439 e. The summed E-state index contributed by atoms with van der Waals surface area (Å²) in [5.41, 5.74) is 0.270. The van der Waals surface area contributed by atoms with E-state index in [9.17, 15) is 17.6 Å². The number of carbonyl (C=O) groups excluding carboxylic acids is 1. The normalized spacial score (nSPS) is 11.3. The Morgan fingerprint density at radius 3 is 2.38 bits per heavy atom. The van der Waals surface area contributed by atoms with Crippen molar-refractivity contribution in [3.8, 4) is 0 Å². The van der Waals surface area contributed by atoms with Crippen LogP contribution in [-0.4, -0.2) is 19.3 Å². The molecule has 0 aliphatic rings. The molecule has 0 fully saturated rings. The van der Waals surface area contributed by atoms with Crippen molar-refractivity contribution in [2.45, 2.75) is 16.5 Å². The first kappa shape index (κ1) is 21.7. The van der Waals surface area contributed by atoms with Crippen LogP contribution in [0.1, 0.15) is 16.1 Å². The maximum atomic E-state index is 14.2. The van der Waals surface area contributed by atoms with Crippen molar-refractivity contribution >= 4 is 33.2 Å². The summed E-state index contributed by atoms with van der Waals surface area (Å²) in [6, 6.07) is 19.1. The molecule has 0 aliphatic carbocycles. The van der Waals surface area contributed by atoms with E-state index in [1.807, 2.05) is 0 Å². The first-order valence-corrected chi connectivity index (χ1v) is 11.3. The minimum absolute atomic E-state index is 0.0248. The fraction of sp³-hybridized carbons (Fsp3) is 0.0435. The second-order valence-electron chi connectivity index (χ2n) is 6.75. The number of halogens is 2. The zero-order valence-corrected chi connectivity index (χ0v) is 18.1. The van der Waals surface area contributed by atoms with Crippen LogP contribution in [0.25, 0.3) is 0 Å². The Hall–Kier alpha value is -3.49. The summed E-state index contributed by atoms with van der Waals surface area (Å²) in [5.74, 6) is -1.10. The third-order valence-electron chi connectivity index (χ3n) is 4.64. The summed E-state index contributed by atoms with van der Waals surface area (Å²) in [6.45, 7) is -0.123. The van der Waals surface area contributed by atoms with Crippen molar-refractivity contribution in [2.75, 3.05) is 4.90 Å². The third kappa shape index (κ3) is 4.42. The lowest BCUT2D eigenvalue weighted by Gasteiger charge is -2.21. The molecule has 2 aromatic heterocycles. The van der Waals surface area contributed by atoms with Gasteiger partial charge in [0, 0.05) is 16.8 Å². The van der Waals surface area contributed by atoms with Gasteiger partial charge in [-0.15, -0.1) is 0 Å². The fourth-order valence-electron chi connectivity index (χ4n) is 3.01. The van der Waals surface area contributed by atoms with Gasteiger partial charge in [-0.3, -0.25) is 9.69 Å². The Morgan fingerprint density at radius 2 is 1.69 bits per heavy atom. The van der Waals surface area contributed by atoms with Crippen molar-refractivity contribution < 1.29 is 22.0 Å². The van der Waals surface area contributed by atoms with Gasteiger partial charge < -0.3 is 4.42 Å². The molecule has 0 atom stereocenters. The highest BCUT2D eigenvalue weighted by Gasteiger charge is 2.27. The molecule has 162 valence electrons. The van der Waals surface area contributed by atoms with Gasteiger partial charge in [-0.1, -0.05) is 35.9 Å². The Morgan fingerprint density at radius 1 is 0.969 bits per heavy atom. The van der Waals surface area contributed by atoms with E-state index in [4.69, 9.17) is 16.0 Å². The Bertz CT molecular complexity index is 1360. The average molecular weight is 471 g/mol. The summed E-state index contributed by atoms with van der Waals surface area (Å²) in [4.78, 5) is 18.6. The number of sulfone groups is 1. The van der Waals surface area contributed by atoms with Gasteiger partial charge in [0.2, 0.25) is 14.9 Å². The van der Waals surface area contributed by atoms with Gasteiger partial charge in [0.15, 0.2) is 5.76 Å². The maximum absolute atomic E-state index is 14.2. The average Bonchev–Trinajstić information content (AvgIpc) is 3.30. The first-order valence-electron chi connectivity index (χ1n) is 9.43. The largest absolute Gasteiger partial charge is 0.439 e. The van der Waals surface area contributed by atoms with E-state index in [1.165, 1.54) is 53.6 Å². The number of pyridine rings is 1. The fourth-order valence-corrected chi connectivity index (χ4v) is 4.31. The molecular weight excluding hydrogens is 455 g/mol. The molecule has 2 aromatic carbocycles. The SMILES string of the molecule is O=C(c1ccc(S(=O)(=O)c2ccc(Cl)cc2)o1)N(Cc1ccccc1F)c1ccccn1. The molecule has 0 N–H and O–H groups in total. The van der Waals surface area contributed by atoms with Gasteiger partial charge in [-0.25, -0.2) is 17.8 Å². The van der Waals surface area contributed by atoms with E-state index in [0.717, 1.165) is 0 Å². The standard InChI is InChI=1S/C23H16ClFN2O4S/c24-17-8-10-18(11-9-17)32(29,30)22-13-12-20(31-22)23(28)27(21-7-3-4-14-26-21)15-16-5-1-2-6-19(16)25/h1-14H,15H2. The number of amides is 1. The molecule has 0 saturated heterocycles. The van der Waals surface area contributed by atoms with Crippen LogP contribution in [0, 0.1) is 5.82 Å². The number of furan rings is 1. The zero-order chi connectivity index (χ0) is 22.7. The summed E-state index contributed by atoms with van der Waals surface area (Å²) < 4.78 is 45.3. The first-order chi connectivity index (χ1) is 15.4. The molecule has 1 amide bonds. The number of benzene rings is 2. The van der Waals surface area contributed by atoms with Crippen molar-refractivity contribution in [3.63, 3.8) is 0 Å². The number of rotatable bonds is 6. The van der Waals surface area contributed by atoms with E-state index in [2.05, 4.69) is 4.98 Å². The van der Waals surface area contributed by atoms with E-state index in [0.29, 0.717) is 5.02 Å². The summed E-state index contributed by atoms with van der Waals surface area (Å²) in [6.07, 6.45) is 1.50. The van der Waals surface area contributed by atoms with Gasteiger partial charge in [-0.2, -0.15) is 0 Å². The summed E-state index contributed by atoms with van der Waals surface area (Å²) >= 11 is 5.82. The van der Waals surface area contributed by atoms with Crippen LogP contribution in [0.4, 0.5) is 10.2 Å². The topological polar surface area (TPSA) is 80.5 Å². The van der Waals surface area contributed by atoms with Crippen molar-refractivity contribution in [2.24, 2.45) is 0 Å². The minimum atomic E-state index is -4.00.